The maximum atomic E-state index is 14.0. The molecule has 2 rings (SSSR count). The summed E-state index contributed by atoms with van der Waals surface area (Å²) >= 11 is 0. The van der Waals surface area contributed by atoms with Crippen LogP contribution in [0, 0.1) is 0 Å². The summed E-state index contributed by atoms with van der Waals surface area (Å²) in [5, 5.41) is 39.8. The van der Waals surface area contributed by atoms with Crippen LogP contribution in [-0.4, -0.2) is 94.0 Å². The van der Waals surface area contributed by atoms with E-state index < -0.39 is 82.2 Å². The summed E-state index contributed by atoms with van der Waals surface area (Å²) in [4.78, 5) is 78.2. The number of nitrogens with one attached hydrogen (secondary N) is 6. The number of anilines is 2. The lowest BCUT2D eigenvalue weighted by Crippen LogP contribution is -2.46. The Bertz CT molecular complexity index is 1950. The van der Waals surface area contributed by atoms with Gasteiger partial charge in [0.05, 0.1) is 11.4 Å². The molecule has 68 heavy (non-hydrogen) atoms. The SMILES string of the molecule is C=CCc1cc(NC(=O)[C@H](CCCCNC(=O)OC(C)(C)C)NC(=O)OC(C)(C)C)c(O)c(-c2cc(CC=C)cc(NC(=O)[C@H](CCCCNC(=O)OC(C)(C)C)NC(=O)OC(C)(C)C)c2O)c1. The summed E-state index contributed by atoms with van der Waals surface area (Å²) in [5.74, 6) is -2.24. The number of phenols is 2. The van der Waals surface area contributed by atoms with Gasteiger partial charge in [0, 0.05) is 24.2 Å². The first-order valence-electron chi connectivity index (χ1n) is 22.9. The Morgan fingerprint density at radius 3 is 1.12 bits per heavy atom. The third kappa shape index (κ3) is 22.4. The van der Waals surface area contributed by atoms with Crippen molar-refractivity contribution >= 4 is 47.6 Å². The average Bonchev–Trinajstić information content (AvgIpc) is 3.16. The fraction of sp³-hybridized carbons (Fsp3) is 0.560. The van der Waals surface area contributed by atoms with Crippen LogP contribution >= 0.6 is 0 Å². The summed E-state index contributed by atoms with van der Waals surface area (Å²) in [7, 11) is 0. The van der Waals surface area contributed by atoms with Gasteiger partial charge in [-0.3, -0.25) is 9.59 Å². The number of allylic oxidation sites excluding steroid dienone is 2. The number of carbonyl (C=O) groups excluding carboxylic acids is 6. The molecule has 0 fully saturated rings. The van der Waals surface area contributed by atoms with Crippen LogP contribution in [-0.2, 0) is 41.4 Å². The van der Waals surface area contributed by atoms with Crippen molar-refractivity contribution in [3.63, 3.8) is 0 Å². The van der Waals surface area contributed by atoms with E-state index in [0.717, 1.165) is 0 Å². The van der Waals surface area contributed by atoms with Crippen LogP contribution < -0.4 is 31.9 Å². The zero-order chi connectivity index (χ0) is 51.6. The van der Waals surface area contributed by atoms with Crippen molar-refractivity contribution in [1.82, 2.24) is 21.3 Å². The van der Waals surface area contributed by atoms with Gasteiger partial charge >= 0.3 is 24.4 Å². The van der Waals surface area contributed by atoms with E-state index in [1.807, 2.05) is 0 Å². The normalized spacial score (nSPS) is 12.6. The van der Waals surface area contributed by atoms with Gasteiger partial charge in [-0.15, -0.1) is 13.2 Å². The van der Waals surface area contributed by atoms with Crippen LogP contribution in [0.2, 0.25) is 0 Å². The van der Waals surface area contributed by atoms with E-state index in [1.54, 1.807) is 107 Å². The fourth-order valence-corrected chi connectivity index (χ4v) is 6.39. The number of aromatic hydroxyl groups is 2. The van der Waals surface area contributed by atoms with E-state index in [9.17, 15) is 39.0 Å². The zero-order valence-electron chi connectivity index (χ0n) is 42.1. The number of benzene rings is 2. The van der Waals surface area contributed by atoms with E-state index >= 15 is 0 Å². The Morgan fingerprint density at radius 2 is 0.824 bits per heavy atom. The molecule has 18 heteroatoms. The third-order valence-electron chi connectivity index (χ3n) is 9.10. The predicted molar refractivity (Wildman–Crippen MR) is 263 cm³/mol. The molecule has 2 aromatic carbocycles. The van der Waals surface area contributed by atoms with Gasteiger partial charge in [0.2, 0.25) is 11.8 Å². The molecule has 378 valence electrons. The van der Waals surface area contributed by atoms with Crippen molar-refractivity contribution in [1.29, 1.82) is 0 Å². The number of hydrogen-bond acceptors (Lipinski definition) is 12. The van der Waals surface area contributed by atoms with Gasteiger partial charge in [-0.05, 0) is 170 Å². The Hall–Kier alpha value is -6.46. The topological polar surface area (TPSA) is 252 Å². The lowest BCUT2D eigenvalue weighted by molar-refractivity contribution is -0.119. The number of rotatable bonds is 21. The van der Waals surface area contributed by atoms with Gasteiger partial charge in [-0.25, -0.2) is 19.2 Å². The number of ether oxygens (including phenoxy) is 4. The molecule has 8 N–H and O–H groups in total. The minimum absolute atomic E-state index is 0.0474. The van der Waals surface area contributed by atoms with Crippen LogP contribution in [0.3, 0.4) is 0 Å². The maximum Gasteiger partial charge on any atom is 0.408 e. The monoisotopic (exact) mass is 953 g/mol. The van der Waals surface area contributed by atoms with E-state index in [1.165, 1.54) is 12.1 Å². The second-order valence-electron chi connectivity index (χ2n) is 20.3. The number of phenolic OH excluding ortho intramolecular Hbond substituents is 2. The molecule has 0 radical (unpaired) electrons. The van der Waals surface area contributed by atoms with E-state index in [-0.39, 0.29) is 61.3 Å². The Morgan fingerprint density at radius 1 is 0.515 bits per heavy atom. The van der Waals surface area contributed by atoms with E-state index in [0.29, 0.717) is 36.8 Å². The zero-order valence-corrected chi connectivity index (χ0v) is 42.1. The van der Waals surface area contributed by atoms with Gasteiger partial charge in [0.1, 0.15) is 46.0 Å². The summed E-state index contributed by atoms with van der Waals surface area (Å²) in [6.07, 6.45) is 2.84. The van der Waals surface area contributed by atoms with Crippen molar-refractivity contribution in [3.05, 3.63) is 60.7 Å². The molecule has 0 unspecified atom stereocenters. The van der Waals surface area contributed by atoms with E-state index in [4.69, 9.17) is 18.9 Å². The highest BCUT2D eigenvalue weighted by atomic mass is 16.6. The number of amides is 6. The van der Waals surface area contributed by atoms with Crippen LogP contribution in [0.25, 0.3) is 11.1 Å². The molecular formula is C50H76N6O12. The molecule has 0 heterocycles. The summed E-state index contributed by atoms with van der Waals surface area (Å²) in [5.41, 5.74) is -1.86. The molecule has 18 nitrogen and oxygen atoms in total. The molecular weight excluding hydrogens is 877 g/mol. The molecule has 6 amide bonds. The van der Waals surface area contributed by atoms with Crippen molar-refractivity contribution in [2.24, 2.45) is 0 Å². The molecule has 0 spiro atoms. The summed E-state index contributed by atoms with van der Waals surface area (Å²) in [6.45, 7) is 28.7. The first-order valence-corrected chi connectivity index (χ1v) is 22.9. The quantitative estimate of drug-likeness (QED) is 0.0252. The Balaban J connectivity index is 2.53. The lowest BCUT2D eigenvalue weighted by atomic mass is 9.95. The maximum absolute atomic E-state index is 14.0. The first kappa shape index (κ1) is 57.7. The van der Waals surface area contributed by atoms with Gasteiger partial charge in [-0.1, -0.05) is 12.2 Å². The minimum Gasteiger partial charge on any atom is -0.505 e. The van der Waals surface area contributed by atoms with Crippen LogP contribution in [0.5, 0.6) is 11.5 Å². The van der Waals surface area contributed by atoms with Gasteiger partial charge < -0.3 is 61.1 Å². The molecule has 0 aliphatic rings. The van der Waals surface area contributed by atoms with E-state index in [2.05, 4.69) is 45.1 Å². The lowest BCUT2D eigenvalue weighted by Gasteiger charge is -2.24. The van der Waals surface area contributed by atoms with Crippen LogP contribution in [0.15, 0.2) is 49.6 Å². The average molecular weight is 953 g/mol. The van der Waals surface area contributed by atoms with Gasteiger partial charge in [-0.2, -0.15) is 0 Å². The third-order valence-corrected chi connectivity index (χ3v) is 9.10. The molecule has 0 aromatic heterocycles. The number of alkyl carbamates (subject to hydrolysis) is 4. The minimum atomic E-state index is -1.15. The molecule has 2 atom stereocenters. The highest BCUT2D eigenvalue weighted by molar-refractivity contribution is 6.01. The highest BCUT2D eigenvalue weighted by Gasteiger charge is 2.29. The molecule has 0 bridgehead atoms. The van der Waals surface area contributed by atoms with Crippen molar-refractivity contribution in [3.8, 4) is 22.6 Å². The van der Waals surface area contributed by atoms with Crippen molar-refractivity contribution in [2.45, 2.75) is 169 Å². The number of hydrogen-bond donors (Lipinski definition) is 8. The first-order chi connectivity index (χ1) is 31.4. The molecule has 0 aliphatic heterocycles. The molecule has 0 aliphatic carbocycles. The number of unbranched alkanes of at least 4 members (excludes halogenated alkanes) is 2. The Kier molecular flexibility index (Phi) is 21.7. The molecule has 0 saturated carbocycles. The predicted octanol–water partition coefficient (Wildman–Crippen LogP) is 9.28. The van der Waals surface area contributed by atoms with Gasteiger partial charge in [0.25, 0.3) is 0 Å². The largest absolute Gasteiger partial charge is 0.505 e. The highest BCUT2D eigenvalue weighted by Crippen LogP contribution is 2.44. The fourth-order valence-electron chi connectivity index (χ4n) is 6.39. The van der Waals surface area contributed by atoms with Crippen molar-refractivity contribution in [2.75, 3.05) is 23.7 Å². The van der Waals surface area contributed by atoms with Crippen LogP contribution in [0.4, 0.5) is 30.6 Å². The standard InChI is InChI=1S/C50H76N6O12/c1-15-21-31-27-33(39(57)37(29-31)53-41(59)35(55-45(63)67-49(9,10)11)23-17-19-25-51-43(61)65-47(3,4)5)34-28-32(22-16-2)30-38(40(34)58)54-42(60)36(56-46(64)68-50(12,13)14)24-18-20-26-52-44(62)66-48(6,7)8/h15-16,27-30,35-36,57-58H,1-2,17-26H2,3-14H3,(H,51,61)(H,52,62)(H,53,59)(H,54,60)(H,55,63)(H,56,64)/t35-,36-/m0/s1. The Labute approximate surface area is 401 Å². The summed E-state index contributed by atoms with van der Waals surface area (Å²) < 4.78 is 21.4. The molecule has 2 aromatic rings. The van der Waals surface area contributed by atoms with Crippen LogP contribution in [0.1, 0.15) is 133 Å². The number of carbonyl (C=O) groups is 6. The second kappa shape index (κ2) is 25.6. The molecule has 0 saturated heterocycles. The second-order valence-corrected chi connectivity index (χ2v) is 20.3. The van der Waals surface area contributed by atoms with Crippen molar-refractivity contribution < 1.29 is 57.9 Å². The summed E-state index contributed by atoms with van der Waals surface area (Å²) in [6, 6.07) is 4.00. The van der Waals surface area contributed by atoms with Gasteiger partial charge in [0.15, 0.2) is 0 Å². The smallest absolute Gasteiger partial charge is 0.408 e.